The third-order valence-corrected chi connectivity index (χ3v) is 10.7. The Morgan fingerprint density at radius 2 is 1.05 bits per heavy atom. The van der Waals surface area contributed by atoms with E-state index in [-0.39, 0.29) is 0 Å². The smallest absolute Gasteiger partial charge is 0.0529 e. The first-order valence-electron chi connectivity index (χ1n) is 7.33. The fourth-order valence-corrected chi connectivity index (χ4v) is 9.46. The summed E-state index contributed by atoms with van der Waals surface area (Å²) in [6.07, 6.45) is 7.51. The summed E-state index contributed by atoms with van der Waals surface area (Å²) in [7, 11) is 0. The molecule has 2 aliphatic rings. The van der Waals surface area contributed by atoms with Crippen LogP contribution in [0.5, 0.6) is 0 Å². The van der Waals surface area contributed by atoms with Crippen LogP contribution in [0.25, 0.3) is 21.6 Å². The molecule has 0 amide bonds. The molecule has 2 aliphatic heterocycles. The van der Waals surface area contributed by atoms with Crippen molar-refractivity contribution >= 4 is 91.3 Å². The van der Waals surface area contributed by atoms with Crippen molar-refractivity contribution in [1.82, 2.24) is 0 Å². The number of thiophene rings is 2. The van der Waals surface area contributed by atoms with Gasteiger partial charge in [-0.3, -0.25) is 0 Å². The van der Waals surface area contributed by atoms with Crippen molar-refractivity contribution in [1.29, 1.82) is 0 Å². The summed E-state index contributed by atoms with van der Waals surface area (Å²) in [5.74, 6) is 5.12. The van der Waals surface area contributed by atoms with Crippen LogP contribution in [0.3, 0.4) is 0 Å². The molecule has 0 bridgehead atoms. The Bertz CT molecular complexity index is 642. The van der Waals surface area contributed by atoms with Crippen LogP contribution in [-0.4, -0.2) is 23.0 Å². The molecule has 0 radical (unpaired) electrons. The maximum Gasteiger partial charge on any atom is 0.0529 e. The van der Waals surface area contributed by atoms with Crippen LogP contribution in [0.2, 0.25) is 0 Å². The van der Waals surface area contributed by atoms with Crippen molar-refractivity contribution in [2.75, 3.05) is 23.0 Å². The van der Waals surface area contributed by atoms with Gasteiger partial charge in [0.25, 0.3) is 0 Å². The molecule has 0 N–H and O–H groups in total. The van der Waals surface area contributed by atoms with E-state index in [1.165, 1.54) is 64.9 Å². The van der Waals surface area contributed by atoms with Crippen LogP contribution < -0.4 is 0 Å². The average molecular weight is 401 g/mol. The number of thioether (sulfide) groups is 4. The van der Waals surface area contributed by atoms with Crippen LogP contribution in [0.15, 0.2) is 19.2 Å². The summed E-state index contributed by atoms with van der Waals surface area (Å²) in [6, 6.07) is 0. The van der Waals surface area contributed by atoms with Gasteiger partial charge in [-0.05, 0) is 48.0 Å². The van der Waals surface area contributed by atoms with Gasteiger partial charge in [0.15, 0.2) is 0 Å². The summed E-state index contributed by atoms with van der Waals surface area (Å²) in [5.41, 5.74) is 2.85. The van der Waals surface area contributed by atoms with Crippen molar-refractivity contribution in [3.8, 4) is 0 Å². The summed E-state index contributed by atoms with van der Waals surface area (Å²) < 4.78 is 5.94. The minimum Gasteiger partial charge on any atom is -0.142 e. The van der Waals surface area contributed by atoms with Gasteiger partial charge in [-0.1, -0.05) is 0 Å². The van der Waals surface area contributed by atoms with Gasteiger partial charge in [-0.15, -0.1) is 69.7 Å². The normalized spacial score (nSPS) is 19.6. The van der Waals surface area contributed by atoms with Gasteiger partial charge >= 0.3 is 0 Å². The fraction of sp³-hybridized carbons (Fsp3) is 0.375. The van der Waals surface area contributed by atoms with E-state index in [0.717, 1.165) is 0 Å². The van der Waals surface area contributed by atoms with Crippen LogP contribution in [-0.2, 0) is 0 Å². The molecule has 0 aromatic carbocycles. The lowest BCUT2D eigenvalue weighted by atomic mass is 10.2. The quantitative estimate of drug-likeness (QED) is 0.518. The molecule has 22 heavy (non-hydrogen) atoms. The Hall–Kier alpha value is 0.540. The molecule has 4 heterocycles. The van der Waals surface area contributed by atoms with Gasteiger partial charge in [0.2, 0.25) is 0 Å². The first kappa shape index (κ1) is 16.0. The molecule has 2 aromatic rings. The van der Waals surface area contributed by atoms with Gasteiger partial charge in [0.1, 0.15) is 0 Å². The maximum absolute atomic E-state index is 2.41. The van der Waals surface area contributed by atoms with E-state index in [1.54, 1.807) is 0 Å². The Morgan fingerprint density at radius 3 is 1.45 bits per heavy atom. The highest BCUT2D eigenvalue weighted by Gasteiger charge is 2.13. The van der Waals surface area contributed by atoms with E-state index < -0.39 is 0 Å². The molecule has 0 saturated carbocycles. The molecule has 0 unspecified atom stereocenters. The van der Waals surface area contributed by atoms with Gasteiger partial charge < -0.3 is 0 Å². The second-order valence-corrected chi connectivity index (χ2v) is 11.9. The fourth-order valence-electron chi connectivity index (χ4n) is 2.37. The lowest BCUT2D eigenvalue weighted by Gasteiger charge is -2.11. The molecule has 4 rings (SSSR count). The second-order valence-electron chi connectivity index (χ2n) is 5.07. The minimum atomic E-state index is 1.28. The van der Waals surface area contributed by atoms with E-state index in [9.17, 15) is 0 Å². The molecule has 2 aromatic heterocycles. The predicted molar refractivity (Wildman–Crippen MR) is 115 cm³/mol. The topological polar surface area (TPSA) is 0 Å². The van der Waals surface area contributed by atoms with Crippen molar-refractivity contribution in [3.63, 3.8) is 0 Å². The number of hydrogen-bond acceptors (Lipinski definition) is 6. The van der Waals surface area contributed by atoms with E-state index in [0.29, 0.717) is 0 Å². The zero-order valence-corrected chi connectivity index (χ0v) is 16.9. The predicted octanol–water partition coefficient (Wildman–Crippen LogP) is 7.30. The number of hydrogen-bond donors (Lipinski definition) is 0. The zero-order chi connectivity index (χ0) is 14.8. The lowest BCUT2D eigenvalue weighted by Crippen LogP contribution is -1.91. The zero-order valence-electron chi connectivity index (χ0n) is 12.0. The molecule has 0 atom stereocenters. The molecule has 2 saturated heterocycles. The summed E-state index contributed by atoms with van der Waals surface area (Å²) >= 11 is 11.9. The summed E-state index contributed by atoms with van der Waals surface area (Å²) in [5, 5.41) is 4.68. The third-order valence-electron chi connectivity index (χ3n) is 3.44. The number of fused-ring (bicyclic) bond motifs is 1. The Labute approximate surface area is 156 Å². The van der Waals surface area contributed by atoms with Crippen molar-refractivity contribution in [2.45, 2.75) is 12.8 Å². The molecule has 116 valence electrons. The van der Waals surface area contributed by atoms with Crippen molar-refractivity contribution in [3.05, 3.63) is 30.4 Å². The molecule has 0 nitrogen and oxygen atoms in total. The van der Waals surface area contributed by atoms with Crippen LogP contribution >= 0.6 is 69.7 Å². The number of rotatable bonds is 2. The van der Waals surface area contributed by atoms with Gasteiger partial charge in [0.05, 0.1) is 9.40 Å². The second kappa shape index (κ2) is 7.62. The van der Waals surface area contributed by atoms with E-state index in [2.05, 4.69) is 22.9 Å². The summed E-state index contributed by atoms with van der Waals surface area (Å²) in [4.78, 5) is 0. The Kier molecular flexibility index (Phi) is 5.55. The van der Waals surface area contributed by atoms with E-state index in [4.69, 9.17) is 0 Å². The van der Waals surface area contributed by atoms with Crippen molar-refractivity contribution < 1.29 is 0 Å². The van der Waals surface area contributed by atoms with Gasteiger partial charge in [-0.2, -0.15) is 0 Å². The standard InChI is InChI=1S/C16H16S6/c1-3-17-13(18-4-1)7-11-9-21-16-12(10-22-15(11)16)8-14-19-5-2-6-20-14/h7-10H,1-6H2. The molecule has 6 heteroatoms. The largest absolute Gasteiger partial charge is 0.142 e. The first-order chi connectivity index (χ1) is 10.9. The molecule has 2 fully saturated rings. The highest BCUT2D eigenvalue weighted by molar-refractivity contribution is 8.23. The van der Waals surface area contributed by atoms with Crippen LogP contribution in [0.4, 0.5) is 0 Å². The first-order valence-corrected chi connectivity index (χ1v) is 13.0. The van der Waals surface area contributed by atoms with Crippen LogP contribution in [0.1, 0.15) is 24.0 Å². The van der Waals surface area contributed by atoms with Gasteiger partial charge in [0, 0.05) is 30.4 Å². The highest BCUT2D eigenvalue weighted by Crippen LogP contribution is 2.43. The molecule has 0 aliphatic carbocycles. The Morgan fingerprint density at radius 1 is 0.636 bits per heavy atom. The Balaban J connectivity index is 1.63. The lowest BCUT2D eigenvalue weighted by molar-refractivity contribution is 1.12. The van der Waals surface area contributed by atoms with Crippen molar-refractivity contribution in [2.24, 2.45) is 0 Å². The maximum atomic E-state index is 2.41. The van der Waals surface area contributed by atoms with Crippen LogP contribution in [0, 0.1) is 0 Å². The molecule has 0 spiro atoms. The average Bonchev–Trinajstić information content (AvgIpc) is 3.14. The van der Waals surface area contributed by atoms with Gasteiger partial charge in [-0.25, -0.2) is 0 Å². The molecular weight excluding hydrogens is 385 g/mol. The summed E-state index contributed by atoms with van der Waals surface area (Å²) in [6.45, 7) is 0. The molecular formula is C16H16S6. The minimum absolute atomic E-state index is 1.28. The van der Waals surface area contributed by atoms with E-state index >= 15 is 0 Å². The monoisotopic (exact) mass is 400 g/mol. The van der Waals surface area contributed by atoms with E-state index in [1.807, 2.05) is 69.7 Å². The third kappa shape index (κ3) is 3.62. The highest BCUT2D eigenvalue weighted by atomic mass is 32.2. The SMILES string of the molecule is C(=C1SCCCS1)c1csc2c(C=C3SCCCS3)csc12.